The second-order valence-corrected chi connectivity index (χ2v) is 5.53. The number of aromatic nitrogens is 1. The molecule has 6 heteroatoms. The van der Waals surface area contributed by atoms with Crippen LogP contribution in [0, 0.1) is 5.92 Å². The number of hydrogen-bond acceptors (Lipinski definition) is 3. The molecule has 6 nitrogen and oxygen atoms in total. The molecule has 2 fully saturated rings. The summed E-state index contributed by atoms with van der Waals surface area (Å²) < 4.78 is 2.05. The summed E-state index contributed by atoms with van der Waals surface area (Å²) in [6, 6.07) is 4.09. The van der Waals surface area contributed by atoms with Crippen LogP contribution in [0.15, 0.2) is 18.3 Å². The minimum atomic E-state index is -0.817. The van der Waals surface area contributed by atoms with Crippen molar-refractivity contribution in [3.8, 4) is 0 Å². The third-order valence-corrected chi connectivity index (χ3v) is 4.22. The van der Waals surface area contributed by atoms with Gasteiger partial charge in [0.2, 0.25) is 0 Å². The van der Waals surface area contributed by atoms with Crippen LogP contribution in [0.25, 0.3) is 0 Å². The molecule has 2 N–H and O–H groups in total. The van der Waals surface area contributed by atoms with Crippen LogP contribution in [0.3, 0.4) is 0 Å². The van der Waals surface area contributed by atoms with Gasteiger partial charge in [-0.25, -0.2) is 0 Å². The Hall–Kier alpha value is -1.82. The number of carbonyl (C=O) groups is 2. The number of likely N-dealkylation sites (tertiary alicyclic amines) is 1. The van der Waals surface area contributed by atoms with Gasteiger partial charge >= 0.3 is 5.97 Å². The topological polar surface area (TPSA) is 74.6 Å². The maximum atomic E-state index is 12.4. The lowest BCUT2D eigenvalue weighted by molar-refractivity contribution is -0.146. The van der Waals surface area contributed by atoms with Crippen LogP contribution >= 0.6 is 0 Å². The molecule has 2 saturated heterocycles. The molecule has 0 saturated carbocycles. The van der Waals surface area contributed by atoms with Gasteiger partial charge in [-0.3, -0.25) is 9.59 Å². The van der Waals surface area contributed by atoms with E-state index >= 15 is 0 Å². The molecule has 1 amide bonds. The first-order valence-corrected chi connectivity index (χ1v) is 7.06. The van der Waals surface area contributed by atoms with Crippen molar-refractivity contribution >= 4 is 11.9 Å². The van der Waals surface area contributed by atoms with Crippen LogP contribution in [-0.4, -0.2) is 52.6 Å². The van der Waals surface area contributed by atoms with Crippen LogP contribution in [0.2, 0.25) is 0 Å². The van der Waals surface area contributed by atoms with E-state index in [2.05, 4.69) is 9.88 Å². The van der Waals surface area contributed by atoms with Gasteiger partial charge < -0.3 is 19.9 Å². The Kier molecular flexibility index (Phi) is 3.48. The largest absolute Gasteiger partial charge is 0.481 e. The van der Waals surface area contributed by atoms with E-state index in [0.717, 1.165) is 25.9 Å². The minimum Gasteiger partial charge on any atom is -0.481 e. The fourth-order valence-corrected chi connectivity index (χ4v) is 2.94. The van der Waals surface area contributed by atoms with Gasteiger partial charge in [0.25, 0.3) is 5.91 Å². The number of rotatable bonds is 3. The molecule has 0 unspecified atom stereocenters. The van der Waals surface area contributed by atoms with Crippen molar-refractivity contribution in [2.75, 3.05) is 26.2 Å². The molecule has 3 rings (SSSR count). The summed E-state index contributed by atoms with van der Waals surface area (Å²) in [5.74, 6) is -1.27. The van der Waals surface area contributed by atoms with E-state index < -0.39 is 11.9 Å². The second kappa shape index (κ2) is 5.28. The highest BCUT2D eigenvalue weighted by Crippen LogP contribution is 2.24. The van der Waals surface area contributed by atoms with E-state index in [0.29, 0.717) is 24.8 Å². The maximum absolute atomic E-state index is 12.4. The third kappa shape index (κ3) is 2.31. The third-order valence-electron chi connectivity index (χ3n) is 4.22. The number of nitrogens with zero attached hydrogens (tertiary/aromatic N) is 2. The van der Waals surface area contributed by atoms with Gasteiger partial charge in [0, 0.05) is 25.3 Å². The van der Waals surface area contributed by atoms with Crippen molar-refractivity contribution in [2.45, 2.75) is 18.9 Å². The number of carbonyl (C=O) groups excluding carboxylic acids is 1. The number of amides is 1. The van der Waals surface area contributed by atoms with Crippen molar-refractivity contribution < 1.29 is 14.7 Å². The molecule has 0 radical (unpaired) electrons. The number of piperidine rings is 1. The van der Waals surface area contributed by atoms with E-state index in [1.54, 1.807) is 4.90 Å². The Morgan fingerprint density at radius 2 is 1.95 bits per heavy atom. The number of carboxylic acids is 1. The molecular weight excluding hydrogens is 258 g/mol. The predicted molar refractivity (Wildman–Crippen MR) is 72.6 cm³/mol. The van der Waals surface area contributed by atoms with Crippen LogP contribution in [0.4, 0.5) is 0 Å². The first kappa shape index (κ1) is 13.2. The lowest BCUT2D eigenvalue weighted by Gasteiger charge is -2.37. The number of aliphatic carboxylic acids is 1. The van der Waals surface area contributed by atoms with E-state index in [1.807, 2.05) is 18.3 Å². The first-order chi connectivity index (χ1) is 9.66. The zero-order valence-corrected chi connectivity index (χ0v) is 11.3. The summed E-state index contributed by atoms with van der Waals surface area (Å²) in [6.45, 7) is 2.60. The molecule has 2 aliphatic heterocycles. The number of hydrogen-bond donors (Lipinski definition) is 2. The Labute approximate surface area is 117 Å². The quantitative estimate of drug-likeness (QED) is 0.847. The van der Waals surface area contributed by atoms with Gasteiger partial charge in [-0.1, -0.05) is 0 Å². The average molecular weight is 277 g/mol. The van der Waals surface area contributed by atoms with Crippen LogP contribution in [0.1, 0.15) is 29.4 Å². The highest BCUT2D eigenvalue weighted by Gasteiger charge is 2.37. The summed E-state index contributed by atoms with van der Waals surface area (Å²) in [5, 5.41) is 12.2. The van der Waals surface area contributed by atoms with Crippen LogP contribution < -0.4 is 5.32 Å². The van der Waals surface area contributed by atoms with Gasteiger partial charge in [0.05, 0.1) is 5.92 Å². The summed E-state index contributed by atoms with van der Waals surface area (Å²) in [4.78, 5) is 24.8. The van der Waals surface area contributed by atoms with Crippen LogP contribution in [0.5, 0.6) is 0 Å². The fourth-order valence-electron chi connectivity index (χ4n) is 2.94. The molecule has 20 heavy (non-hydrogen) atoms. The normalized spacial score (nSPS) is 20.7. The zero-order chi connectivity index (χ0) is 14.1. The Morgan fingerprint density at radius 3 is 2.60 bits per heavy atom. The van der Waals surface area contributed by atoms with Crippen molar-refractivity contribution in [1.29, 1.82) is 0 Å². The molecule has 1 aromatic rings. The number of carboxylic acid groups (broad SMARTS) is 1. The number of nitrogens with one attached hydrogen (secondary N) is 1. The van der Waals surface area contributed by atoms with E-state index in [9.17, 15) is 9.59 Å². The SMILES string of the molecule is O=C(O)C1CN(C(=O)c2cccn2C2CCNCC2)C1. The highest BCUT2D eigenvalue weighted by molar-refractivity contribution is 5.94. The summed E-state index contributed by atoms with van der Waals surface area (Å²) in [7, 11) is 0. The molecule has 108 valence electrons. The summed E-state index contributed by atoms with van der Waals surface area (Å²) >= 11 is 0. The Morgan fingerprint density at radius 1 is 1.25 bits per heavy atom. The second-order valence-electron chi connectivity index (χ2n) is 5.53. The Bertz CT molecular complexity index is 513. The Balaban J connectivity index is 1.70. The van der Waals surface area contributed by atoms with Crippen molar-refractivity contribution in [2.24, 2.45) is 5.92 Å². The maximum Gasteiger partial charge on any atom is 0.310 e. The van der Waals surface area contributed by atoms with E-state index in [1.165, 1.54) is 0 Å². The van der Waals surface area contributed by atoms with Gasteiger partial charge in [-0.15, -0.1) is 0 Å². The van der Waals surface area contributed by atoms with Crippen molar-refractivity contribution in [3.63, 3.8) is 0 Å². The molecule has 1 aromatic heterocycles. The lowest BCUT2D eigenvalue weighted by atomic mass is 10.00. The molecule has 0 spiro atoms. The molecule has 3 heterocycles. The standard InChI is InChI=1S/C14H19N3O3/c18-13(16-8-10(9-16)14(19)20)12-2-1-7-17(12)11-3-5-15-6-4-11/h1-2,7,10-11,15H,3-6,8-9H2,(H,19,20). The zero-order valence-electron chi connectivity index (χ0n) is 11.3. The fraction of sp³-hybridized carbons (Fsp3) is 0.571. The highest BCUT2D eigenvalue weighted by atomic mass is 16.4. The molecule has 0 aliphatic carbocycles. The smallest absolute Gasteiger partial charge is 0.310 e. The minimum absolute atomic E-state index is 0.0500. The molecular formula is C14H19N3O3. The van der Waals surface area contributed by atoms with Crippen molar-refractivity contribution in [3.05, 3.63) is 24.0 Å². The van der Waals surface area contributed by atoms with Gasteiger partial charge in [-0.05, 0) is 38.1 Å². The summed E-state index contributed by atoms with van der Waals surface area (Å²) in [5.41, 5.74) is 0.681. The first-order valence-electron chi connectivity index (χ1n) is 7.06. The molecule has 2 aliphatic rings. The van der Waals surface area contributed by atoms with Gasteiger partial charge in [0.1, 0.15) is 5.69 Å². The van der Waals surface area contributed by atoms with Gasteiger partial charge in [-0.2, -0.15) is 0 Å². The van der Waals surface area contributed by atoms with Crippen LogP contribution in [-0.2, 0) is 4.79 Å². The lowest BCUT2D eigenvalue weighted by Crippen LogP contribution is -2.53. The van der Waals surface area contributed by atoms with E-state index in [-0.39, 0.29) is 5.91 Å². The molecule has 0 aromatic carbocycles. The van der Waals surface area contributed by atoms with Crippen molar-refractivity contribution in [1.82, 2.24) is 14.8 Å². The predicted octanol–water partition coefficient (Wildman–Crippen LogP) is 0.569. The summed E-state index contributed by atoms with van der Waals surface area (Å²) in [6.07, 6.45) is 4.00. The molecule has 0 atom stereocenters. The average Bonchev–Trinajstić information content (AvgIpc) is 2.86. The molecule has 0 bridgehead atoms. The monoisotopic (exact) mass is 277 g/mol. The van der Waals surface area contributed by atoms with Gasteiger partial charge in [0.15, 0.2) is 0 Å². The van der Waals surface area contributed by atoms with E-state index in [4.69, 9.17) is 5.11 Å².